The molecule has 0 unspecified atom stereocenters. The van der Waals surface area contributed by atoms with Crippen LogP contribution < -0.4 is 16.6 Å². The molecule has 20 heavy (non-hydrogen) atoms. The van der Waals surface area contributed by atoms with Crippen molar-refractivity contribution >= 4 is 44.9 Å². The average Bonchev–Trinajstić information content (AvgIpc) is 2.43. The topological polar surface area (TPSA) is 80.0 Å². The number of amides is 1. The maximum Gasteiger partial charge on any atom is 0.259 e. The summed E-state index contributed by atoms with van der Waals surface area (Å²) in [5.41, 5.74) is 4.08. The number of nitrogens with two attached hydrogens (primary N) is 1. The zero-order valence-corrected chi connectivity index (χ0v) is 12.9. The van der Waals surface area contributed by atoms with Gasteiger partial charge in [0.15, 0.2) is 0 Å². The van der Waals surface area contributed by atoms with Gasteiger partial charge in [0.05, 0.1) is 16.9 Å². The third kappa shape index (κ3) is 3.27. The van der Waals surface area contributed by atoms with Gasteiger partial charge in [-0.15, -0.1) is 0 Å². The number of rotatable bonds is 3. The number of nitrogens with zero attached hydrogens (tertiary/aromatic N) is 1. The van der Waals surface area contributed by atoms with Crippen LogP contribution in [0.2, 0.25) is 5.02 Å². The van der Waals surface area contributed by atoms with Crippen LogP contribution in [-0.2, 0) is 0 Å². The number of aromatic nitrogens is 1. The fourth-order valence-corrected chi connectivity index (χ4v) is 2.02. The third-order valence-corrected chi connectivity index (χ3v) is 3.72. The predicted octanol–water partition coefficient (Wildman–Crippen LogP) is 3.34. The molecule has 1 amide bonds. The third-order valence-electron chi connectivity index (χ3n) is 2.64. The molecule has 1 aromatic carbocycles. The zero-order valence-electron chi connectivity index (χ0n) is 10.6. The van der Waals surface area contributed by atoms with Gasteiger partial charge in [-0.05, 0) is 53.2 Å². The van der Waals surface area contributed by atoms with Crippen molar-refractivity contribution in [3.05, 3.63) is 51.1 Å². The van der Waals surface area contributed by atoms with E-state index < -0.39 is 0 Å². The average molecular weight is 356 g/mol. The Balaban J connectivity index is 2.27. The van der Waals surface area contributed by atoms with E-state index in [0.29, 0.717) is 22.1 Å². The number of nitrogens with one attached hydrogen (secondary N) is 2. The number of anilines is 2. The molecule has 0 aliphatic rings. The highest BCUT2D eigenvalue weighted by molar-refractivity contribution is 9.10. The van der Waals surface area contributed by atoms with Gasteiger partial charge in [0.1, 0.15) is 5.82 Å². The standard InChI is InChI=1S/C13H12BrClN4O/c1-7-10(14)3-5-12(17-7)18-13(20)9-6-8(15)2-4-11(9)19-16/h2-6,19H,16H2,1H3,(H,17,18,20). The highest BCUT2D eigenvalue weighted by Gasteiger charge is 2.13. The van der Waals surface area contributed by atoms with Crippen molar-refractivity contribution in [1.82, 2.24) is 4.98 Å². The fraction of sp³-hybridized carbons (Fsp3) is 0.0769. The highest BCUT2D eigenvalue weighted by atomic mass is 79.9. The maximum atomic E-state index is 12.2. The molecular formula is C13H12BrClN4O. The Morgan fingerprint density at radius 3 is 2.75 bits per heavy atom. The SMILES string of the molecule is Cc1nc(NC(=O)c2cc(Cl)ccc2NN)ccc1Br. The number of hydrogen-bond donors (Lipinski definition) is 3. The van der Waals surface area contributed by atoms with Crippen LogP contribution in [0.4, 0.5) is 11.5 Å². The quantitative estimate of drug-likeness (QED) is 0.583. The van der Waals surface area contributed by atoms with Gasteiger partial charge < -0.3 is 10.7 Å². The predicted molar refractivity (Wildman–Crippen MR) is 83.9 cm³/mol. The van der Waals surface area contributed by atoms with E-state index in [4.69, 9.17) is 17.4 Å². The Labute approximate surface area is 129 Å². The number of hydrazine groups is 1. The van der Waals surface area contributed by atoms with Gasteiger partial charge in [-0.2, -0.15) is 0 Å². The van der Waals surface area contributed by atoms with Gasteiger partial charge >= 0.3 is 0 Å². The number of benzene rings is 1. The summed E-state index contributed by atoms with van der Waals surface area (Å²) in [5, 5.41) is 3.16. The fourth-order valence-electron chi connectivity index (χ4n) is 1.63. The molecule has 2 rings (SSSR count). The minimum absolute atomic E-state index is 0.338. The summed E-state index contributed by atoms with van der Waals surface area (Å²) >= 11 is 9.25. The van der Waals surface area contributed by atoms with Crippen molar-refractivity contribution < 1.29 is 4.79 Å². The molecule has 0 bridgehead atoms. The van der Waals surface area contributed by atoms with Gasteiger partial charge in [0, 0.05) is 9.50 Å². The van der Waals surface area contributed by atoms with E-state index >= 15 is 0 Å². The first kappa shape index (κ1) is 14.8. The van der Waals surface area contributed by atoms with E-state index in [1.807, 2.05) is 13.0 Å². The Kier molecular flexibility index (Phi) is 4.59. The van der Waals surface area contributed by atoms with E-state index in [2.05, 4.69) is 31.7 Å². The Hall–Kier alpha value is -1.63. The summed E-state index contributed by atoms with van der Waals surface area (Å²) in [6.07, 6.45) is 0. The van der Waals surface area contributed by atoms with Crippen LogP contribution in [-0.4, -0.2) is 10.9 Å². The van der Waals surface area contributed by atoms with Crippen LogP contribution >= 0.6 is 27.5 Å². The smallest absolute Gasteiger partial charge is 0.259 e. The van der Waals surface area contributed by atoms with Crippen LogP contribution in [0.5, 0.6) is 0 Å². The Bertz CT molecular complexity index is 663. The lowest BCUT2D eigenvalue weighted by Crippen LogP contribution is -2.18. The first-order chi connectivity index (χ1) is 9.51. The second-order valence-corrected chi connectivity index (χ2v) is 5.34. The molecule has 0 aliphatic heterocycles. The van der Waals surface area contributed by atoms with Crippen LogP contribution in [0.25, 0.3) is 0 Å². The summed E-state index contributed by atoms with van der Waals surface area (Å²) in [6, 6.07) is 8.35. The minimum Gasteiger partial charge on any atom is -0.323 e. The first-order valence-corrected chi connectivity index (χ1v) is 6.89. The summed E-state index contributed by atoms with van der Waals surface area (Å²) in [4.78, 5) is 16.5. The van der Waals surface area contributed by atoms with Crippen molar-refractivity contribution in [3.8, 4) is 0 Å². The number of aryl methyl sites for hydroxylation is 1. The number of pyridine rings is 1. The number of hydrogen-bond acceptors (Lipinski definition) is 4. The van der Waals surface area contributed by atoms with Crippen molar-refractivity contribution in [3.63, 3.8) is 0 Å². The van der Waals surface area contributed by atoms with Gasteiger partial charge in [-0.1, -0.05) is 11.6 Å². The lowest BCUT2D eigenvalue weighted by molar-refractivity contribution is 0.102. The van der Waals surface area contributed by atoms with Crippen LogP contribution in [0.3, 0.4) is 0 Å². The van der Waals surface area contributed by atoms with Gasteiger partial charge in [0.25, 0.3) is 5.91 Å². The van der Waals surface area contributed by atoms with E-state index in [9.17, 15) is 4.79 Å². The molecule has 0 aliphatic carbocycles. The maximum absolute atomic E-state index is 12.2. The Morgan fingerprint density at radius 1 is 1.35 bits per heavy atom. The first-order valence-electron chi connectivity index (χ1n) is 5.72. The van der Waals surface area contributed by atoms with Crippen molar-refractivity contribution in [2.24, 2.45) is 5.84 Å². The summed E-state index contributed by atoms with van der Waals surface area (Å²) in [7, 11) is 0. The summed E-state index contributed by atoms with van der Waals surface area (Å²) in [5.74, 6) is 5.50. The molecule has 0 spiro atoms. The van der Waals surface area contributed by atoms with E-state index in [1.165, 1.54) is 6.07 Å². The molecule has 0 radical (unpaired) electrons. The highest BCUT2D eigenvalue weighted by Crippen LogP contribution is 2.22. The molecule has 104 valence electrons. The van der Waals surface area contributed by atoms with Crippen molar-refractivity contribution in [2.45, 2.75) is 6.92 Å². The van der Waals surface area contributed by atoms with Gasteiger partial charge in [-0.25, -0.2) is 4.98 Å². The minimum atomic E-state index is -0.338. The Morgan fingerprint density at radius 2 is 2.10 bits per heavy atom. The summed E-state index contributed by atoms with van der Waals surface area (Å²) < 4.78 is 0.877. The number of halogens is 2. The molecule has 1 aromatic heterocycles. The van der Waals surface area contributed by atoms with Gasteiger partial charge in [0.2, 0.25) is 0 Å². The molecule has 1 heterocycles. The normalized spacial score (nSPS) is 10.2. The molecule has 0 saturated carbocycles. The van der Waals surface area contributed by atoms with Crippen LogP contribution in [0.1, 0.15) is 16.1 Å². The molecular weight excluding hydrogens is 344 g/mol. The second kappa shape index (κ2) is 6.21. The van der Waals surface area contributed by atoms with Crippen molar-refractivity contribution in [1.29, 1.82) is 0 Å². The van der Waals surface area contributed by atoms with Gasteiger partial charge in [-0.3, -0.25) is 10.6 Å². The lowest BCUT2D eigenvalue weighted by Gasteiger charge is -2.10. The van der Waals surface area contributed by atoms with Crippen molar-refractivity contribution in [2.75, 3.05) is 10.7 Å². The monoisotopic (exact) mass is 354 g/mol. The van der Waals surface area contributed by atoms with E-state index in [1.54, 1.807) is 18.2 Å². The molecule has 0 fully saturated rings. The molecule has 5 nitrogen and oxygen atoms in total. The number of nitrogen functional groups attached to an aromatic ring is 1. The van der Waals surface area contributed by atoms with Crippen LogP contribution in [0.15, 0.2) is 34.8 Å². The van der Waals surface area contributed by atoms with E-state index in [-0.39, 0.29) is 5.91 Å². The number of carbonyl (C=O) groups excluding carboxylic acids is 1. The molecule has 7 heteroatoms. The molecule has 0 saturated heterocycles. The lowest BCUT2D eigenvalue weighted by atomic mass is 10.1. The summed E-state index contributed by atoms with van der Waals surface area (Å²) in [6.45, 7) is 1.84. The molecule has 4 N–H and O–H groups in total. The van der Waals surface area contributed by atoms with E-state index in [0.717, 1.165) is 10.2 Å². The zero-order chi connectivity index (χ0) is 14.7. The molecule has 2 aromatic rings. The van der Waals surface area contributed by atoms with Crippen LogP contribution in [0, 0.1) is 6.92 Å². The number of carbonyl (C=O) groups is 1. The second-order valence-electron chi connectivity index (χ2n) is 4.05. The molecule has 0 atom stereocenters. The largest absolute Gasteiger partial charge is 0.323 e.